The zero-order valence-corrected chi connectivity index (χ0v) is 16.9. The van der Waals surface area contributed by atoms with Gasteiger partial charge in [0.25, 0.3) is 0 Å². The van der Waals surface area contributed by atoms with Crippen molar-refractivity contribution in [2.24, 2.45) is 0 Å². The summed E-state index contributed by atoms with van der Waals surface area (Å²) in [5.74, 6) is -0.108. The molecule has 1 aliphatic rings. The predicted octanol–water partition coefficient (Wildman–Crippen LogP) is 3.22. The Kier molecular flexibility index (Phi) is 7.37. The zero-order valence-electron chi connectivity index (χ0n) is 16.9. The maximum absolute atomic E-state index is 12.3. The van der Waals surface area contributed by atoms with E-state index in [0.717, 1.165) is 0 Å². The second-order valence-electron chi connectivity index (χ2n) is 8.04. The van der Waals surface area contributed by atoms with Gasteiger partial charge in [-0.25, -0.2) is 4.79 Å². The lowest BCUT2D eigenvalue weighted by Gasteiger charge is -2.24. The molecular formula is C20H28F3N3O3. The van der Waals surface area contributed by atoms with E-state index in [1.807, 2.05) is 29.6 Å². The first kappa shape index (κ1) is 22.8. The number of hydrogen-bond acceptors (Lipinski definition) is 3. The fraction of sp³-hybridized carbons (Fsp3) is 0.600. The smallest absolute Gasteiger partial charge is 0.405 e. The molecule has 1 saturated heterocycles. The average molecular weight is 415 g/mol. The molecule has 1 unspecified atom stereocenters. The summed E-state index contributed by atoms with van der Waals surface area (Å²) in [5.41, 5.74) is 1.23. The first-order valence-electron chi connectivity index (χ1n) is 9.59. The van der Waals surface area contributed by atoms with Crippen molar-refractivity contribution in [2.45, 2.75) is 51.2 Å². The lowest BCUT2D eigenvalue weighted by molar-refractivity contribution is -0.140. The minimum atomic E-state index is -4.48. The fourth-order valence-corrected chi connectivity index (χ4v) is 3.07. The molecule has 9 heteroatoms. The Morgan fingerprint density at radius 1 is 1.14 bits per heavy atom. The molecule has 3 amide bonds. The summed E-state index contributed by atoms with van der Waals surface area (Å²) in [7, 11) is 0. The summed E-state index contributed by atoms with van der Waals surface area (Å²) >= 11 is 0. The number of ether oxygens (including phenoxy) is 1. The van der Waals surface area contributed by atoms with Crippen molar-refractivity contribution in [1.29, 1.82) is 0 Å². The second-order valence-corrected chi connectivity index (χ2v) is 8.04. The molecule has 1 heterocycles. The number of rotatable bonds is 6. The van der Waals surface area contributed by atoms with Crippen molar-refractivity contribution in [1.82, 2.24) is 15.5 Å². The van der Waals surface area contributed by atoms with Gasteiger partial charge in [-0.1, -0.05) is 32.9 Å². The number of likely N-dealkylation sites (tertiary alicyclic amines) is 1. The molecule has 162 valence electrons. The first-order valence-corrected chi connectivity index (χ1v) is 9.59. The Balaban J connectivity index is 1.76. The molecule has 1 aliphatic heterocycles. The van der Waals surface area contributed by atoms with E-state index in [9.17, 15) is 22.8 Å². The van der Waals surface area contributed by atoms with E-state index in [2.05, 4.69) is 26.1 Å². The molecule has 2 rings (SSSR count). The van der Waals surface area contributed by atoms with E-state index in [1.54, 1.807) is 0 Å². The summed E-state index contributed by atoms with van der Waals surface area (Å²) in [5, 5.41) is 4.49. The van der Waals surface area contributed by atoms with Gasteiger partial charge in [0.15, 0.2) is 0 Å². The summed E-state index contributed by atoms with van der Waals surface area (Å²) in [4.78, 5) is 25.5. The van der Waals surface area contributed by atoms with Gasteiger partial charge in [-0.3, -0.25) is 4.79 Å². The van der Waals surface area contributed by atoms with Crippen molar-refractivity contribution in [3.05, 3.63) is 29.8 Å². The van der Waals surface area contributed by atoms with Crippen molar-refractivity contribution in [2.75, 3.05) is 26.2 Å². The molecule has 0 aliphatic carbocycles. The van der Waals surface area contributed by atoms with Crippen molar-refractivity contribution in [3.8, 4) is 5.75 Å². The highest BCUT2D eigenvalue weighted by atomic mass is 19.4. The third-order valence-electron chi connectivity index (χ3n) is 4.65. The molecule has 2 N–H and O–H groups in total. The number of alkyl halides is 3. The van der Waals surface area contributed by atoms with Gasteiger partial charge in [-0.15, -0.1) is 0 Å². The summed E-state index contributed by atoms with van der Waals surface area (Å²) in [6.07, 6.45) is -3.58. The number of amides is 3. The lowest BCUT2D eigenvalue weighted by Crippen LogP contribution is -2.51. The molecule has 6 nitrogen and oxygen atoms in total. The minimum Gasteiger partial charge on any atom is -0.492 e. The minimum absolute atomic E-state index is 0.0468. The van der Waals surface area contributed by atoms with Gasteiger partial charge in [-0.05, 0) is 36.0 Å². The SMILES string of the molecule is CC(C)(C)c1ccc(OCCNC(=O)N2CCCC2C(=O)NCC(F)(F)F)cc1. The third kappa shape index (κ3) is 7.14. The molecular weight excluding hydrogens is 387 g/mol. The number of urea groups is 1. The average Bonchev–Trinajstić information content (AvgIpc) is 3.12. The van der Waals surface area contributed by atoms with Crippen LogP contribution in [-0.4, -0.2) is 55.3 Å². The molecule has 1 aromatic rings. The number of benzene rings is 1. The quantitative estimate of drug-likeness (QED) is 0.701. The predicted molar refractivity (Wildman–Crippen MR) is 103 cm³/mol. The van der Waals surface area contributed by atoms with Gasteiger partial charge in [0.1, 0.15) is 24.9 Å². The Bertz CT molecular complexity index is 700. The molecule has 29 heavy (non-hydrogen) atoms. The van der Waals surface area contributed by atoms with Gasteiger partial charge in [0.05, 0.1) is 6.54 Å². The van der Waals surface area contributed by atoms with Crippen LogP contribution in [0.3, 0.4) is 0 Å². The van der Waals surface area contributed by atoms with Crippen molar-refractivity contribution in [3.63, 3.8) is 0 Å². The molecule has 0 radical (unpaired) electrons. The van der Waals surface area contributed by atoms with Gasteiger partial charge < -0.3 is 20.3 Å². The van der Waals surface area contributed by atoms with Crippen molar-refractivity contribution < 1.29 is 27.5 Å². The Morgan fingerprint density at radius 2 is 1.79 bits per heavy atom. The third-order valence-corrected chi connectivity index (χ3v) is 4.65. The zero-order chi connectivity index (χ0) is 21.7. The summed E-state index contributed by atoms with van der Waals surface area (Å²) in [6.45, 7) is 5.73. The molecule has 1 aromatic carbocycles. The molecule has 0 spiro atoms. The van der Waals surface area contributed by atoms with Gasteiger partial charge in [0, 0.05) is 6.54 Å². The number of halogens is 3. The highest BCUT2D eigenvalue weighted by molar-refractivity contribution is 5.87. The van der Waals surface area contributed by atoms with Crippen LogP contribution in [0.25, 0.3) is 0 Å². The maximum Gasteiger partial charge on any atom is 0.405 e. The highest BCUT2D eigenvalue weighted by Crippen LogP contribution is 2.24. The van der Waals surface area contributed by atoms with E-state index in [0.29, 0.717) is 25.1 Å². The van der Waals surface area contributed by atoms with Crippen LogP contribution in [0.1, 0.15) is 39.2 Å². The largest absolute Gasteiger partial charge is 0.492 e. The number of nitrogens with one attached hydrogen (secondary N) is 2. The fourth-order valence-electron chi connectivity index (χ4n) is 3.07. The highest BCUT2D eigenvalue weighted by Gasteiger charge is 2.36. The molecule has 0 aromatic heterocycles. The Hall–Kier alpha value is -2.45. The van der Waals surface area contributed by atoms with E-state index >= 15 is 0 Å². The van der Waals surface area contributed by atoms with Crippen LogP contribution in [0.4, 0.5) is 18.0 Å². The monoisotopic (exact) mass is 415 g/mol. The van der Waals surface area contributed by atoms with E-state index in [4.69, 9.17) is 4.74 Å². The van der Waals surface area contributed by atoms with Crippen LogP contribution >= 0.6 is 0 Å². The molecule has 1 fully saturated rings. The van der Waals surface area contributed by atoms with Crippen molar-refractivity contribution >= 4 is 11.9 Å². The first-order chi connectivity index (χ1) is 13.5. The van der Waals surface area contributed by atoms with Crippen LogP contribution < -0.4 is 15.4 Å². The summed E-state index contributed by atoms with van der Waals surface area (Å²) in [6, 6.07) is 6.34. The van der Waals surface area contributed by atoms with Crippen LogP contribution in [-0.2, 0) is 10.2 Å². The number of carbonyl (C=O) groups is 2. The number of nitrogens with zero attached hydrogens (tertiary/aromatic N) is 1. The van der Waals surface area contributed by atoms with E-state index in [1.165, 1.54) is 10.5 Å². The number of hydrogen-bond donors (Lipinski definition) is 2. The van der Waals surface area contributed by atoms with Crippen LogP contribution in [0.2, 0.25) is 0 Å². The van der Waals surface area contributed by atoms with Gasteiger partial charge in [0.2, 0.25) is 5.91 Å². The number of carbonyl (C=O) groups excluding carboxylic acids is 2. The topological polar surface area (TPSA) is 70.7 Å². The Morgan fingerprint density at radius 3 is 2.38 bits per heavy atom. The normalized spacial score (nSPS) is 17.2. The van der Waals surface area contributed by atoms with E-state index in [-0.39, 0.29) is 18.6 Å². The molecule has 0 bridgehead atoms. The molecule has 1 atom stereocenters. The van der Waals surface area contributed by atoms with Crippen LogP contribution in [0.5, 0.6) is 5.75 Å². The lowest BCUT2D eigenvalue weighted by atomic mass is 9.87. The maximum atomic E-state index is 12.3. The van der Waals surface area contributed by atoms with Crippen LogP contribution in [0, 0.1) is 0 Å². The second kappa shape index (κ2) is 9.37. The Labute approximate surface area is 168 Å². The van der Waals surface area contributed by atoms with Gasteiger partial charge in [-0.2, -0.15) is 13.2 Å². The molecule has 0 saturated carbocycles. The summed E-state index contributed by atoms with van der Waals surface area (Å²) < 4.78 is 42.4. The van der Waals surface area contributed by atoms with E-state index < -0.39 is 30.7 Å². The standard InChI is InChI=1S/C20H28F3N3O3/c1-19(2,3)14-6-8-15(9-7-14)29-12-10-24-18(28)26-11-4-5-16(26)17(27)25-13-20(21,22)23/h6-9,16H,4-5,10-13H2,1-3H3,(H,24,28)(H,25,27). The van der Waals surface area contributed by atoms with Gasteiger partial charge >= 0.3 is 12.2 Å². The van der Waals surface area contributed by atoms with Crippen LogP contribution in [0.15, 0.2) is 24.3 Å².